The maximum absolute atomic E-state index is 6.26. The second-order valence-electron chi connectivity index (χ2n) is 6.39. The number of rotatable bonds is 0. The Hall–Kier alpha value is -0.0800. The predicted molar refractivity (Wildman–Crippen MR) is 62.9 cm³/mol. The number of hydrogen-bond acceptors (Lipinski definition) is 2. The molecule has 15 heavy (non-hydrogen) atoms. The molecule has 3 atom stereocenters. The van der Waals surface area contributed by atoms with Crippen molar-refractivity contribution in [3.63, 3.8) is 0 Å². The van der Waals surface area contributed by atoms with E-state index in [0.717, 1.165) is 13.1 Å². The Balaban J connectivity index is 2.09. The van der Waals surface area contributed by atoms with Crippen LogP contribution in [-0.2, 0) is 4.74 Å². The number of hydrogen-bond donors (Lipinski definition) is 1. The molecule has 1 aliphatic heterocycles. The summed E-state index contributed by atoms with van der Waals surface area (Å²) in [4.78, 5) is 0. The molecule has 0 amide bonds. The van der Waals surface area contributed by atoms with E-state index in [1.807, 2.05) is 0 Å². The minimum atomic E-state index is 0.132. The van der Waals surface area contributed by atoms with E-state index in [9.17, 15) is 0 Å². The normalized spacial score (nSPS) is 45.6. The van der Waals surface area contributed by atoms with Crippen molar-refractivity contribution in [3.8, 4) is 0 Å². The van der Waals surface area contributed by atoms with Gasteiger partial charge in [-0.1, -0.05) is 20.8 Å². The van der Waals surface area contributed by atoms with Gasteiger partial charge in [0, 0.05) is 13.1 Å². The molecule has 88 valence electrons. The second-order valence-corrected chi connectivity index (χ2v) is 6.39. The quantitative estimate of drug-likeness (QED) is 0.665. The first-order valence-electron chi connectivity index (χ1n) is 6.32. The van der Waals surface area contributed by atoms with Gasteiger partial charge >= 0.3 is 0 Å². The van der Waals surface area contributed by atoms with Gasteiger partial charge in [0.15, 0.2) is 0 Å². The molecule has 0 bridgehead atoms. The van der Waals surface area contributed by atoms with Crippen molar-refractivity contribution in [2.45, 2.75) is 58.7 Å². The highest BCUT2D eigenvalue weighted by molar-refractivity contribution is 4.98. The van der Waals surface area contributed by atoms with Crippen molar-refractivity contribution in [1.82, 2.24) is 5.32 Å². The summed E-state index contributed by atoms with van der Waals surface area (Å²) in [6.07, 6.45) is 4.19. The highest BCUT2D eigenvalue weighted by atomic mass is 16.5. The van der Waals surface area contributed by atoms with Crippen LogP contribution in [0, 0.1) is 11.3 Å². The average Bonchev–Trinajstić information content (AvgIpc) is 2.12. The molecule has 2 fully saturated rings. The minimum absolute atomic E-state index is 0.132. The van der Waals surface area contributed by atoms with Gasteiger partial charge in [0.1, 0.15) is 0 Å². The van der Waals surface area contributed by atoms with Gasteiger partial charge in [-0.25, -0.2) is 0 Å². The third kappa shape index (κ3) is 2.21. The van der Waals surface area contributed by atoms with E-state index >= 15 is 0 Å². The first-order chi connectivity index (χ1) is 6.94. The van der Waals surface area contributed by atoms with Gasteiger partial charge in [0.05, 0.1) is 11.7 Å². The highest BCUT2D eigenvalue weighted by Gasteiger charge is 2.46. The van der Waals surface area contributed by atoms with Crippen LogP contribution in [0.15, 0.2) is 0 Å². The number of ether oxygens (including phenoxy) is 1. The maximum Gasteiger partial charge on any atom is 0.0836 e. The third-order valence-electron chi connectivity index (χ3n) is 4.27. The monoisotopic (exact) mass is 211 g/mol. The van der Waals surface area contributed by atoms with E-state index in [0.29, 0.717) is 17.4 Å². The van der Waals surface area contributed by atoms with Gasteiger partial charge < -0.3 is 10.1 Å². The van der Waals surface area contributed by atoms with E-state index in [-0.39, 0.29) is 5.60 Å². The van der Waals surface area contributed by atoms with Crippen molar-refractivity contribution < 1.29 is 4.74 Å². The Morgan fingerprint density at radius 1 is 1.20 bits per heavy atom. The van der Waals surface area contributed by atoms with E-state index in [4.69, 9.17) is 4.74 Å². The van der Waals surface area contributed by atoms with E-state index in [1.165, 1.54) is 19.3 Å². The molecule has 1 aliphatic carbocycles. The fourth-order valence-electron chi connectivity index (χ4n) is 3.32. The number of morpholine rings is 1. The predicted octanol–water partition coefficient (Wildman–Crippen LogP) is 2.58. The Labute approximate surface area is 93.8 Å². The lowest BCUT2D eigenvalue weighted by atomic mass is 9.65. The van der Waals surface area contributed by atoms with Crippen LogP contribution in [0.3, 0.4) is 0 Å². The minimum Gasteiger partial charge on any atom is -0.369 e. The molecule has 1 saturated carbocycles. The molecule has 2 heteroatoms. The fraction of sp³-hybridized carbons (Fsp3) is 1.00. The zero-order valence-electron chi connectivity index (χ0n) is 10.6. The summed E-state index contributed by atoms with van der Waals surface area (Å²) in [6.45, 7) is 11.4. The Morgan fingerprint density at radius 2 is 1.93 bits per heavy atom. The van der Waals surface area contributed by atoms with Crippen LogP contribution in [-0.4, -0.2) is 24.8 Å². The average molecular weight is 211 g/mol. The highest BCUT2D eigenvalue weighted by Crippen LogP contribution is 2.46. The molecule has 1 spiro atoms. The fourth-order valence-corrected chi connectivity index (χ4v) is 3.32. The maximum atomic E-state index is 6.26. The van der Waals surface area contributed by atoms with Gasteiger partial charge in [-0.2, -0.15) is 0 Å². The molecule has 1 N–H and O–H groups in total. The first-order valence-corrected chi connectivity index (χ1v) is 6.32. The largest absolute Gasteiger partial charge is 0.369 e. The summed E-state index contributed by atoms with van der Waals surface area (Å²) in [6, 6.07) is 0. The van der Waals surface area contributed by atoms with Gasteiger partial charge in [0.25, 0.3) is 0 Å². The van der Waals surface area contributed by atoms with Gasteiger partial charge in [-0.05, 0) is 37.5 Å². The summed E-state index contributed by atoms with van der Waals surface area (Å²) < 4.78 is 6.26. The molecule has 1 heterocycles. The molecule has 0 aromatic rings. The molecule has 0 aromatic heterocycles. The van der Waals surface area contributed by atoms with Gasteiger partial charge in [0.2, 0.25) is 0 Å². The summed E-state index contributed by atoms with van der Waals surface area (Å²) in [5.74, 6) is 0.677. The topological polar surface area (TPSA) is 21.3 Å². The van der Waals surface area contributed by atoms with Crippen LogP contribution in [0.5, 0.6) is 0 Å². The molecule has 2 rings (SSSR count). The van der Waals surface area contributed by atoms with Crippen LogP contribution >= 0.6 is 0 Å². The van der Waals surface area contributed by atoms with Crippen LogP contribution in [0.25, 0.3) is 0 Å². The van der Waals surface area contributed by atoms with Crippen molar-refractivity contribution >= 4 is 0 Å². The van der Waals surface area contributed by atoms with E-state index < -0.39 is 0 Å². The first kappa shape index (κ1) is 11.4. The van der Waals surface area contributed by atoms with Crippen molar-refractivity contribution in [2.75, 3.05) is 13.1 Å². The lowest BCUT2D eigenvalue weighted by Crippen LogP contribution is -2.59. The van der Waals surface area contributed by atoms with Gasteiger partial charge in [-0.15, -0.1) is 0 Å². The van der Waals surface area contributed by atoms with Crippen LogP contribution in [0.4, 0.5) is 0 Å². The summed E-state index contributed by atoms with van der Waals surface area (Å²) in [5.41, 5.74) is 0.641. The molecule has 0 radical (unpaired) electrons. The van der Waals surface area contributed by atoms with Crippen molar-refractivity contribution in [3.05, 3.63) is 0 Å². The zero-order chi connectivity index (χ0) is 11.1. The summed E-state index contributed by atoms with van der Waals surface area (Å²) >= 11 is 0. The Kier molecular flexibility index (Phi) is 2.85. The lowest BCUT2D eigenvalue weighted by Gasteiger charge is -2.51. The second kappa shape index (κ2) is 3.74. The van der Waals surface area contributed by atoms with Crippen molar-refractivity contribution in [2.24, 2.45) is 11.3 Å². The Morgan fingerprint density at radius 3 is 2.53 bits per heavy atom. The molecule has 1 saturated heterocycles. The van der Waals surface area contributed by atoms with Crippen molar-refractivity contribution in [1.29, 1.82) is 0 Å². The summed E-state index contributed by atoms with van der Waals surface area (Å²) in [5, 5.41) is 3.53. The van der Waals surface area contributed by atoms with E-state index in [2.05, 4.69) is 33.0 Å². The van der Waals surface area contributed by atoms with Crippen LogP contribution < -0.4 is 5.32 Å². The molecule has 0 aromatic carbocycles. The third-order valence-corrected chi connectivity index (χ3v) is 4.27. The summed E-state index contributed by atoms with van der Waals surface area (Å²) in [7, 11) is 0. The lowest BCUT2D eigenvalue weighted by molar-refractivity contribution is -0.167. The zero-order valence-corrected chi connectivity index (χ0v) is 10.6. The smallest absolute Gasteiger partial charge is 0.0836 e. The van der Waals surface area contributed by atoms with Crippen LogP contribution in [0.2, 0.25) is 0 Å². The van der Waals surface area contributed by atoms with Gasteiger partial charge in [-0.3, -0.25) is 0 Å². The van der Waals surface area contributed by atoms with E-state index in [1.54, 1.807) is 0 Å². The molecule has 2 aliphatic rings. The van der Waals surface area contributed by atoms with Crippen LogP contribution in [0.1, 0.15) is 47.0 Å². The molecular formula is C13H25NO. The SMILES string of the molecule is CC1CNCC2(CCC(C)(C)CC2C)O1. The standard InChI is InChI=1S/C13H25NO/c1-10-7-12(3,4)5-6-13(10)9-14-8-11(2)15-13/h10-11,14H,5-9H2,1-4H3. The Bertz CT molecular complexity index is 239. The molecule has 2 nitrogen and oxygen atoms in total. The number of nitrogens with one attached hydrogen (secondary N) is 1. The molecular weight excluding hydrogens is 186 g/mol. The molecule has 3 unspecified atom stereocenters.